The van der Waals surface area contributed by atoms with Crippen LogP contribution in [0.3, 0.4) is 0 Å². The van der Waals surface area contributed by atoms with Gasteiger partial charge < -0.3 is 15.4 Å². The second kappa shape index (κ2) is 10.3. The number of guanidine groups is 1. The highest BCUT2D eigenvalue weighted by atomic mass is 127. The molecule has 0 saturated carbocycles. The Kier molecular flexibility index (Phi) is 9.08. The van der Waals surface area contributed by atoms with E-state index in [2.05, 4.69) is 15.6 Å². The largest absolute Gasteiger partial charge is 0.376 e. The molecule has 25 heavy (non-hydrogen) atoms. The number of sulfone groups is 1. The lowest BCUT2D eigenvalue weighted by Gasteiger charge is -2.16. The van der Waals surface area contributed by atoms with Gasteiger partial charge in [0.15, 0.2) is 15.8 Å². The van der Waals surface area contributed by atoms with Gasteiger partial charge in [0.25, 0.3) is 0 Å². The smallest absolute Gasteiger partial charge is 0.191 e. The SMILES string of the molecule is CN=C(NCc1cc(F)ccc1CS(C)(=O)=O)NCC1CCCO1.I. The molecule has 1 heterocycles. The average molecular weight is 485 g/mol. The molecule has 0 spiro atoms. The van der Waals surface area contributed by atoms with Crippen LogP contribution in [0.4, 0.5) is 4.39 Å². The predicted molar refractivity (Wildman–Crippen MR) is 108 cm³/mol. The molecule has 142 valence electrons. The highest BCUT2D eigenvalue weighted by molar-refractivity contribution is 14.0. The molecular weight excluding hydrogens is 460 g/mol. The van der Waals surface area contributed by atoms with Crippen LogP contribution in [0.2, 0.25) is 0 Å². The molecule has 0 radical (unpaired) electrons. The second-order valence-electron chi connectivity index (χ2n) is 5.92. The van der Waals surface area contributed by atoms with Crippen LogP contribution >= 0.6 is 24.0 Å². The van der Waals surface area contributed by atoms with Gasteiger partial charge >= 0.3 is 0 Å². The molecule has 0 amide bonds. The van der Waals surface area contributed by atoms with Crippen molar-refractivity contribution < 1.29 is 17.5 Å². The van der Waals surface area contributed by atoms with E-state index in [1.165, 1.54) is 18.2 Å². The van der Waals surface area contributed by atoms with Crippen molar-refractivity contribution in [3.05, 3.63) is 35.1 Å². The lowest BCUT2D eigenvalue weighted by atomic mass is 10.1. The van der Waals surface area contributed by atoms with E-state index < -0.39 is 15.7 Å². The van der Waals surface area contributed by atoms with Crippen molar-refractivity contribution in [1.82, 2.24) is 10.6 Å². The van der Waals surface area contributed by atoms with Gasteiger partial charge in [0, 0.05) is 33.0 Å². The van der Waals surface area contributed by atoms with Crippen LogP contribution in [0.25, 0.3) is 0 Å². The van der Waals surface area contributed by atoms with Crippen molar-refractivity contribution in [1.29, 1.82) is 0 Å². The Morgan fingerprint density at radius 1 is 1.36 bits per heavy atom. The van der Waals surface area contributed by atoms with Crippen LogP contribution in [0, 0.1) is 5.82 Å². The van der Waals surface area contributed by atoms with Gasteiger partial charge in [-0.15, -0.1) is 24.0 Å². The summed E-state index contributed by atoms with van der Waals surface area (Å²) in [6, 6.07) is 4.13. The molecule has 2 rings (SSSR count). The van der Waals surface area contributed by atoms with E-state index in [9.17, 15) is 12.8 Å². The number of benzene rings is 1. The summed E-state index contributed by atoms with van der Waals surface area (Å²) in [7, 11) is -1.54. The highest BCUT2D eigenvalue weighted by Gasteiger charge is 2.16. The Morgan fingerprint density at radius 2 is 2.12 bits per heavy atom. The number of halogens is 2. The normalized spacial score (nSPS) is 17.9. The first kappa shape index (κ1) is 22.1. The first-order valence-corrected chi connectivity index (χ1v) is 9.94. The zero-order valence-electron chi connectivity index (χ0n) is 14.4. The fourth-order valence-electron chi connectivity index (χ4n) is 2.60. The van der Waals surface area contributed by atoms with Crippen molar-refractivity contribution in [2.45, 2.75) is 31.2 Å². The maximum absolute atomic E-state index is 13.5. The molecule has 1 aromatic carbocycles. The van der Waals surface area contributed by atoms with Gasteiger partial charge in [-0.05, 0) is 36.1 Å². The van der Waals surface area contributed by atoms with Crippen molar-refractivity contribution in [2.75, 3.05) is 26.5 Å². The number of ether oxygens (including phenoxy) is 1. The van der Waals surface area contributed by atoms with Crippen LogP contribution in [0.15, 0.2) is 23.2 Å². The Morgan fingerprint density at radius 3 is 2.72 bits per heavy atom. The van der Waals surface area contributed by atoms with Gasteiger partial charge in [0.05, 0.1) is 11.9 Å². The fourth-order valence-corrected chi connectivity index (χ4v) is 3.44. The molecule has 1 fully saturated rings. The van der Waals surface area contributed by atoms with Gasteiger partial charge in [-0.2, -0.15) is 0 Å². The molecule has 1 aliphatic rings. The highest BCUT2D eigenvalue weighted by Crippen LogP contribution is 2.14. The Bertz CT molecular complexity index is 692. The van der Waals surface area contributed by atoms with Crippen molar-refractivity contribution in [2.24, 2.45) is 4.99 Å². The first-order valence-electron chi connectivity index (χ1n) is 7.88. The number of nitrogens with zero attached hydrogens (tertiary/aromatic N) is 1. The number of nitrogens with one attached hydrogen (secondary N) is 2. The summed E-state index contributed by atoms with van der Waals surface area (Å²) >= 11 is 0. The standard InChI is InChI=1S/C16H24FN3O3S.HI/c1-18-16(20-10-15-4-3-7-23-15)19-9-13-8-14(17)6-5-12(13)11-24(2,21)22;/h5-6,8,15H,3-4,7,9-11H2,1-2H3,(H2,18,19,20);1H. The monoisotopic (exact) mass is 485 g/mol. The fraction of sp³-hybridized carbons (Fsp3) is 0.562. The predicted octanol–water partition coefficient (Wildman–Crippen LogP) is 1.83. The Labute approximate surface area is 165 Å². The van der Waals surface area contributed by atoms with E-state index in [4.69, 9.17) is 4.74 Å². The second-order valence-corrected chi connectivity index (χ2v) is 8.06. The topological polar surface area (TPSA) is 79.8 Å². The third-order valence-electron chi connectivity index (χ3n) is 3.78. The first-order chi connectivity index (χ1) is 11.4. The molecule has 6 nitrogen and oxygen atoms in total. The minimum Gasteiger partial charge on any atom is -0.376 e. The molecule has 1 aliphatic heterocycles. The van der Waals surface area contributed by atoms with Crippen molar-refractivity contribution in [3.8, 4) is 0 Å². The van der Waals surface area contributed by atoms with E-state index in [0.717, 1.165) is 25.7 Å². The molecule has 0 aromatic heterocycles. The maximum atomic E-state index is 13.5. The number of hydrogen-bond acceptors (Lipinski definition) is 4. The average Bonchev–Trinajstić information content (AvgIpc) is 3.02. The molecule has 1 saturated heterocycles. The van der Waals surface area contributed by atoms with E-state index >= 15 is 0 Å². The summed E-state index contributed by atoms with van der Waals surface area (Å²) in [5.41, 5.74) is 1.18. The number of rotatable bonds is 6. The summed E-state index contributed by atoms with van der Waals surface area (Å²) in [5.74, 6) is 0.0538. The van der Waals surface area contributed by atoms with Crippen LogP contribution < -0.4 is 10.6 Å². The summed E-state index contributed by atoms with van der Waals surface area (Å²) in [4.78, 5) is 4.12. The minimum atomic E-state index is -3.19. The van der Waals surface area contributed by atoms with Crippen molar-refractivity contribution >= 4 is 39.8 Å². The van der Waals surface area contributed by atoms with E-state index in [1.54, 1.807) is 7.05 Å². The zero-order valence-corrected chi connectivity index (χ0v) is 17.6. The molecule has 1 unspecified atom stereocenters. The Balaban J connectivity index is 0.00000312. The van der Waals surface area contributed by atoms with Crippen LogP contribution in [0.1, 0.15) is 24.0 Å². The van der Waals surface area contributed by atoms with E-state index in [1.807, 2.05) is 0 Å². The minimum absolute atomic E-state index is 0. The lowest BCUT2D eigenvalue weighted by Crippen LogP contribution is -2.40. The molecule has 0 bridgehead atoms. The summed E-state index contributed by atoms with van der Waals surface area (Å²) in [6.45, 7) is 1.73. The van der Waals surface area contributed by atoms with Crippen LogP contribution in [0.5, 0.6) is 0 Å². The van der Waals surface area contributed by atoms with Gasteiger partial charge in [0.2, 0.25) is 0 Å². The number of hydrogen-bond donors (Lipinski definition) is 2. The summed E-state index contributed by atoms with van der Waals surface area (Å²) in [5, 5.41) is 6.25. The van der Waals surface area contributed by atoms with Gasteiger partial charge in [-0.1, -0.05) is 6.07 Å². The number of aliphatic imine (C=N–C) groups is 1. The van der Waals surface area contributed by atoms with Crippen molar-refractivity contribution in [3.63, 3.8) is 0 Å². The third kappa shape index (κ3) is 7.87. The van der Waals surface area contributed by atoms with Gasteiger partial charge in [-0.3, -0.25) is 4.99 Å². The van der Waals surface area contributed by atoms with Crippen LogP contribution in [-0.4, -0.2) is 46.9 Å². The van der Waals surface area contributed by atoms with E-state index in [-0.39, 0.29) is 42.4 Å². The summed E-state index contributed by atoms with van der Waals surface area (Å²) in [6.07, 6.45) is 3.43. The molecule has 0 aliphatic carbocycles. The zero-order chi connectivity index (χ0) is 17.6. The van der Waals surface area contributed by atoms with E-state index in [0.29, 0.717) is 23.6 Å². The van der Waals surface area contributed by atoms with Gasteiger partial charge in [0.1, 0.15) is 5.82 Å². The molecule has 1 aromatic rings. The summed E-state index contributed by atoms with van der Waals surface area (Å²) < 4.78 is 42.1. The Hall–Kier alpha value is -0.940. The lowest BCUT2D eigenvalue weighted by molar-refractivity contribution is 0.114. The van der Waals surface area contributed by atoms with Crippen LogP contribution in [-0.2, 0) is 26.9 Å². The molecule has 2 N–H and O–H groups in total. The molecule has 1 atom stereocenters. The van der Waals surface area contributed by atoms with Gasteiger partial charge in [-0.25, -0.2) is 12.8 Å². The maximum Gasteiger partial charge on any atom is 0.191 e. The third-order valence-corrected chi connectivity index (χ3v) is 4.61. The molecule has 9 heteroatoms. The quantitative estimate of drug-likeness (QED) is 0.365. The molecular formula is C16H25FIN3O3S.